The third kappa shape index (κ3) is 3.94. The van der Waals surface area contributed by atoms with Crippen LogP contribution in [0.2, 0.25) is 0 Å². The number of nitrogens with zero attached hydrogens (tertiary/aromatic N) is 3. The van der Waals surface area contributed by atoms with Crippen LogP contribution in [-0.2, 0) is 24.2 Å². The molecule has 6 nitrogen and oxygen atoms in total. The van der Waals surface area contributed by atoms with E-state index in [-0.39, 0.29) is 11.5 Å². The third-order valence-corrected chi connectivity index (χ3v) is 5.99. The molecule has 2 saturated heterocycles. The van der Waals surface area contributed by atoms with Crippen LogP contribution in [0.1, 0.15) is 43.4 Å². The average molecular weight is 344 g/mol. The first-order valence-corrected chi connectivity index (χ1v) is 9.76. The second kappa shape index (κ2) is 7.28. The first-order valence-electron chi connectivity index (χ1n) is 9.76. The third-order valence-electron chi connectivity index (χ3n) is 5.99. The van der Waals surface area contributed by atoms with Crippen LogP contribution in [-0.4, -0.2) is 46.8 Å². The molecule has 1 aliphatic carbocycles. The van der Waals surface area contributed by atoms with E-state index in [4.69, 9.17) is 0 Å². The normalized spacial score (nSPS) is 25.0. The molecule has 1 N–H and O–H groups in total. The summed E-state index contributed by atoms with van der Waals surface area (Å²) >= 11 is 0. The van der Waals surface area contributed by atoms with E-state index in [0.717, 1.165) is 64.1 Å². The van der Waals surface area contributed by atoms with Crippen LogP contribution in [0.3, 0.4) is 0 Å². The van der Waals surface area contributed by atoms with E-state index in [0.29, 0.717) is 18.3 Å². The van der Waals surface area contributed by atoms with Crippen LogP contribution in [0, 0.1) is 11.8 Å². The quantitative estimate of drug-likeness (QED) is 0.884. The molecular weight excluding hydrogens is 316 g/mol. The highest BCUT2D eigenvalue weighted by atomic mass is 16.2. The average Bonchev–Trinajstić information content (AvgIpc) is 3.02. The molecule has 0 bridgehead atoms. The minimum atomic E-state index is 0.0682. The molecule has 136 valence electrons. The molecule has 2 aliphatic heterocycles. The van der Waals surface area contributed by atoms with Gasteiger partial charge in [-0.15, -0.1) is 0 Å². The summed E-state index contributed by atoms with van der Waals surface area (Å²) in [5, 5.41) is 7.58. The molecule has 6 heteroatoms. The van der Waals surface area contributed by atoms with Crippen molar-refractivity contribution in [2.24, 2.45) is 11.8 Å². The molecule has 1 aromatic heterocycles. The Kier molecular flexibility index (Phi) is 4.88. The van der Waals surface area contributed by atoms with E-state index in [1.165, 1.54) is 18.4 Å². The minimum absolute atomic E-state index is 0.0682. The van der Waals surface area contributed by atoms with Crippen LogP contribution < -0.4 is 10.9 Å². The number of likely N-dealkylation sites (tertiary alicyclic amines) is 1. The zero-order chi connectivity index (χ0) is 17.2. The molecule has 4 rings (SSSR count). The number of nitrogens with one attached hydrogen (secondary N) is 1. The molecule has 0 spiro atoms. The Morgan fingerprint density at radius 1 is 1.08 bits per heavy atom. The Labute approximate surface area is 148 Å². The zero-order valence-corrected chi connectivity index (χ0v) is 14.9. The molecule has 1 aromatic rings. The van der Waals surface area contributed by atoms with E-state index >= 15 is 0 Å². The fraction of sp³-hybridized carbons (Fsp3) is 0.737. The van der Waals surface area contributed by atoms with Crippen LogP contribution >= 0.6 is 0 Å². The SMILES string of the molecule is O=C1CC(CN2CCC(Cn3nc4c(cc3=O)CCCC4)CC2)CN1. The van der Waals surface area contributed by atoms with Crippen LogP contribution in [0.5, 0.6) is 0 Å². The number of hydrogen-bond donors (Lipinski definition) is 1. The smallest absolute Gasteiger partial charge is 0.267 e. The molecule has 1 amide bonds. The molecule has 3 aliphatic rings. The molecule has 3 heterocycles. The van der Waals surface area contributed by atoms with Gasteiger partial charge in [-0.1, -0.05) is 0 Å². The van der Waals surface area contributed by atoms with Crippen molar-refractivity contribution in [3.63, 3.8) is 0 Å². The monoisotopic (exact) mass is 344 g/mol. The number of carbonyl (C=O) groups excluding carboxylic acids is 1. The highest BCUT2D eigenvalue weighted by Gasteiger charge is 2.27. The summed E-state index contributed by atoms with van der Waals surface area (Å²) in [5.74, 6) is 1.19. The van der Waals surface area contributed by atoms with Gasteiger partial charge in [0.15, 0.2) is 0 Å². The van der Waals surface area contributed by atoms with Gasteiger partial charge < -0.3 is 10.2 Å². The zero-order valence-electron chi connectivity index (χ0n) is 14.9. The summed E-state index contributed by atoms with van der Waals surface area (Å²) in [6.07, 6.45) is 7.29. The second-order valence-electron chi connectivity index (χ2n) is 7.96. The van der Waals surface area contributed by atoms with Crippen molar-refractivity contribution in [2.45, 2.75) is 51.5 Å². The van der Waals surface area contributed by atoms with Crippen molar-refractivity contribution in [3.05, 3.63) is 27.7 Å². The molecule has 1 atom stereocenters. The van der Waals surface area contributed by atoms with E-state index in [1.807, 2.05) is 6.07 Å². The van der Waals surface area contributed by atoms with Gasteiger partial charge in [0.25, 0.3) is 5.56 Å². The maximum Gasteiger partial charge on any atom is 0.267 e. The van der Waals surface area contributed by atoms with Gasteiger partial charge in [0, 0.05) is 32.1 Å². The fourth-order valence-electron chi connectivity index (χ4n) is 4.49. The highest BCUT2D eigenvalue weighted by molar-refractivity contribution is 5.78. The summed E-state index contributed by atoms with van der Waals surface area (Å²) in [6.45, 7) is 4.73. The van der Waals surface area contributed by atoms with Gasteiger partial charge in [0.05, 0.1) is 5.69 Å². The number of rotatable bonds is 4. The number of hydrogen-bond acceptors (Lipinski definition) is 4. The van der Waals surface area contributed by atoms with Gasteiger partial charge in [-0.3, -0.25) is 9.59 Å². The van der Waals surface area contributed by atoms with Crippen molar-refractivity contribution in [1.29, 1.82) is 0 Å². The maximum atomic E-state index is 12.3. The Morgan fingerprint density at radius 2 is 1.88 bits per heavy atom. The van der Waals surface area contributed by atoms with Crippen molar-refractivity contribution < 1.29 is 4.79 Å². The summed E-state index contributed by atoms with van der Waals surface area (Å²) in [5.41, 5.74) is 2.38. The first-order chi connectivity index (χ1) is 12.2. The van der Waals surface area contributed by atoms with Crippen LogP contribution in [0.25, 0.3) is 0 Å². The topological polar surface area (TPSA) is 67.2 Å². The number of piperidine rings is 1. The van der Waals surface area contributed by atoms with Crippen molar-refractivity contribution in [3.8, 4) is 0 Å². The number of carbonyl (C=O) groups is 1. The number of amides is 1. The Morgan fingerprint density at radius 3 is 2.64 bits per heavy atom. The predicted molar refractivity (Wildman–Crippen MR) is 95.4 cm³/mol. The molecule has 0 radical (unpaired) electrons. The summed E-state index contributed by atoms with van der Waals surface area (Å²) in [6, 6.07) is 1.82. The van der Waals surface area contributed by atoms with E-state index in [9.17, 15) is 9.59 Å². The summed E-state index contributed by atoms with van der Waals surface area (Å²) < 4.78 is 1.71. The minimum Gasteiger partial charge on any atom is -0.356 e. The molecule has 0 aromatic carbocycles. The lowest BCUT2D eigenvalue weighted by atomic mass is 9.95. The summed E-state index contributed by atoms with van der Waals surface area (Å²) in [4.78, 5) is 26.1. The van der Waals surface area contributed by atoms with E-state index < -0.39 is 0 Å². The second-order valence-corrected chi connectivity index (χ2v) is 7.96. The van der Waals surface area contributed by atoms with Crippen LogP contribution in [0.15, 0.2) is 10.9 Å². The number of aromatic nitrogens is 2. The Balaban J connectivity index is 1.31. The molecule has 2 fully saturated rings. The molecule has 1 unspecified atom stereocenters. The molecular formula is C19H28N4O2. The first kappa shape index (κ1) is 16.8. The standard InChI is InChI=1S/C19H28N4O2/c24-18-9-15(11-20-18)12-22-7-5-14(6-8-22)13-23-19(25)10-16-3-1-2-4-17(16)21-23/h10,14-15H,1-9,11-13H2,(H,20,24). The van der Waals surface area contributed by atoms with Crippen LogP contribution in [0.4, 0.5) is 0 Å². The lowest BCUT2D eigenvalue weighted by Crippen LogP contribution is -2.39. The van der Waals surface area contributed by atoms with E-state index in [2.05, 4.69) is 15.3 Å². The largest absolute Gasteiger partial charge is 0.356 e. The Bertz CT molecular complexity index is 691. The van der Waals surface area contributed by atoms with Gasteiger partial charge in [0.2, 0.25) is 5.91 Å². The predicted octanol–water partition coefficient (Wildman–Crippen LogP) is 0.970. The van der Waals surface area contributed by atoms with Crippen molar-refractivity contribution in [2.75, 3.05) is 26.2 Å². The van der Waals surface area contributed by atoms with Gasteiger partial charge in [-0.05, 0) is 69.0 Å². The number of aryl methyl sites for hydroxylation is 2. The molecule has 0 saturated carbocycles. The fourth-order valence-corrected chi connectivity index (χ4v) is 4.49. The summed E-state index contributed by atoms with van der Waals surface area (Å²) in [7, 11) is 0. The van der Waals surface area contributed by atoms with Crippen molar-refractivity contribution in [1.82, 2.24) is 20.0 Å². The van der Waals surface area contributed by atoms with Gasteiger partial charge in [0.1, 0.15) is 0 Å². The maximum absolute atomic E-state index is 12.3. The lowest BCUT2D eigenvalue weighted by Gasteiger charge is -2.33. The Hall–Kier alpha value is -1.69. The molecule has 25 heavy (non-hydrogen) atoms. The van der Waals surface area contributed by atoms with Gasteiger partial charge >= 0.3 is 0 Å². The lowest BCUT2D eigenvalue weighted by molar-refractivity contribution is -0.119. The van der Waals surface area contributed by atoms with E-state index in [1.54, 1.807) is 4.68 Å². The number of fused-ring (bicyclic) bond motifs is 1. The van der Waals surface area contributed by atoms with Crippen molar-refractivity contribution >= 4 is 5.91 Å². The van der Waals surface area contributed by atoms with Gasteiger partial charge in [-0.25, -0.2) is 4.68 Å². The highest BCUT2D eigenvalue weighted by Crippen LogP contribution is 2.22. The van der Waals surface area contributed by atoms with Gasteiger partial charge in [-0.2, -0.15) is 5.10 Å².